The van der Waals surface area contributed by atoms with E-state index in [-0.39, 0.29) is 0 Å². The Kier molecular flexibility index (Phi) is 4.76. The molecule has 5 heteroatoms. The Morgan fingerprint density at radius 3 is 1.33 bits per heavy atom. The van der Waals surface area contributed by atoms with E-state index < -0.39 is 8.24 Å². The van der Waals surface area contributed by atoms with Gasteiger partial charge in [0.1, 0.15) is 12.7 Å². The Hall–Kier alpha value is -3.31. The van der Waals surface area contributed by atoms with Crippen LogP contribution in [0, 0.1) is 0 Å². The first kappa shape index (κ1) is 17.1. The quantitative estimate of drug-likeness (QED) is 0.399. The van der Waals surface area contributed by atoms with E-state index in [1.165, 1.54) is 15.6 Å². The molecule has 0 atom stereocenters. The second-order valence-corrected chi connectivity index (χ2v) is 10.1. The molecule has 0 radical (unpaired) electrons. The summed E-state index contributed by atoms with van der Waals surface area (Å²) in [4.78, 5) is 12.9. The Balaban J connectivity index is 2.07. The minimum Gasteiger partial charge on any atom is -0.358 e. The molecule has 0 amide bonds. The molecule has 1 aromatic heterocycles. The normalized spacial score (nSPS) is 11.1. The van der Waals surface area contributed by atoms with Crippen molar-refractivity contribution < 1.29 is 0 Å². The summed E-state index contributed by atoms with van der Waals surface area (Å²) in [6.07, 6.45) is 3.11. The van der Waals surface area contributed by atoms with Crippen LogP contribution in [0.1, 0.15) is 0 Å². The Labute approximate surface area is 160 Å². The number of nitrogens with zero attached hydrogens (tertiary/aromatic N) is 4. The van der Waals surface area contributed by atoms with E-state index in [9.17, 15) is 0 Å². The summed E-state index contributed by atoms with van der Waals surface area (Å²) in [6, 6.07) is 32.1. The summed E-state index contributed by atoms with van der Waals surface area (Å²) in [5, 5.41) is 3.85. The van der Waals surface area contributed by atoms with Gasteiger partial charge in [-0.2, -0.15) is 0 Å². The minimum absolute atomic E-state index is 0.674. The van der Waals surface area contributed by atoms with Crippen molar-refractivity contribution in [1.82, 2.24) is 15.0 Å². The van der Waals surface area contributed by atoms with E-state index in [0.29, 0.717) is 5.95 Å². The maximum Gasteiger partial charge on any atom is 0.255 e. The Morgan fingerprint density at radius 1 is 0.593 bits per heavy atom. The molecule has 0 spiro atoms. The lowest BCUT2D eigenvalue weighted by Crippen LogP contribution is -2.77. The van der Waals surface area contributed by atoms with Gasteiger partial charge in [0.2, 0.25) is 5.95 Å². The highest BCUT2D eigenvalue weighted by atomic mass is 28.3. The first-order valence-corrected chi connectivity index (χ1v) is 10.8. The van der Waals surface area contributed by atoms with Crippen LogP contribution in [0.15, 0.2) is 104 Å². The molecule has 0 N–H and O–H groups in total. The van der Waals surface area contributed by atoms with Crippen LogP contribution >= 0.6 is 0 Å². The van der Waals surface area contributed by atoms with Crippen LogP contribution < -0.4 is 20.1 Å². The van der Waals surface area contributed by atoms with Gasteiger partial charge in [0.05, 0.1) is 0 Å². The third kappa shape index (κ3) is 3.02. The van der Waals surface area contributed by atoms with Crippen LogP contribution in [-0.2, 0) is 0 Å². The average Bonchev–Trinajstić information content (AvgIpc) is 2.77. The van der Waals surface area contributed by atoms with Crippen molar-refractivity contribution in [3.05, 3.63) is 104 Å². The molecule has 0 fully saturated rings. The highest BCUT2D eigenvalue weighted by Gasteiger charge is 2.45. The maximum absolute atomic E-state index is 4.46. The third-order valence-electron chi connectivity index (χ3n) is 4.86. The molecule has 132 valence electrons. The first-order valence-electron chi connectivity index (χ1n) is 8.86. The number of rotatable bonds is 5. The van der Waals surface area contributed by atoms with Crippen molar-refractivity contribution in [2.24, 2.45) is 0 Å². The molecule has 4 rings (SSSR count). The molecular formula is C22H20N4Si. The second-order valence-electron chi connectivity index (χ2n) is 6.31. The fourth-order valence-electron chi connectivity index (χ4n) is 3.68. The molecule has 0 unspecified atom stereocenters. The lowest BCUT2D eigenvalue weighted by atomic mass is 10.3. The number of hydrogen-bond acceptors (Lipinski definition) is 4. The molecule has 0 aliphatic heterocycles. The standard InChI is InChI=1S/C22H20N4Si/c1-26(22-24-17-23-18-25-22)27(19-11-5-2-6-12-19,20-13-7-3-8-14-20)21-15-9-4-10-16-21/h2-18H,1H3. The lowest BCUT2D eigenvalue weighted by Gasteiger charge is -2.41. The van der Waals surface area contributed by atoms with Gasteiger partial charge in [-0.25, -0.2) is 15.0 Å². The summed E-state index contributed by atoms with van der Waals surface area (Å²) < 4.78 is 2.26. The fourth-order valence-corrected chi connectivity index (χ4v) is 8.28. The molecule has 0 saturated carbocycles. The van der Waals surface area contributed by atoms with E-state index in [2.05, 4.69) is 118 Å². The van der Waals surface area contributed by atoms with Crippen molar-refractivity contribution in [3.8, 4) is 0 Å². The lowest BCUT2D eigenvalue weighted by molar-refractivity contribution is 1.00. The highest BCUT2D eigenvalue weighted by Crippen LogP contribution is 2.16. The summed E-state index contributed by atoms with van der Waals surface area (Å²) in [7, 11) is -0.496. The van der Waals surface area contributed by atoms with E-state index in [1.807, 2.05) is 0 Å². The molecule has 0 saturated heterocycles. The van der Waals surface area contributed by atoms with Crippen LogP contribution in [0.3, 0.4) is 0 Å². The van der Waals surface area contributed by atoms with Gasteiger partial charge in [-0.05, 0) is 15.6 Å². The van der Waals surface area contributed by atoms with Gasteiger partial charge < -0.3 is 4.57 Å². The molecule has 0 aliphatic rings. The van der Waals surface area contributed by atoms with Crippen LogP contribution in [0.4, 0.5) is 5.95 Å². The molecule has 4 aromatic rings. The van der Waals surface area contributed by atoms with Crippen LogP contribution in [0.25, 0.3) is 0 Å². The zero-order chi connectivity index (χ0) is 18.5. The molecule has 1 heterocycles. The topological polar surface area (TPSA) is 41.9 Å². The van der Waals surface area contributed by atoms with E-state index >= 15 is 0 Å². The summed E-state index contributed by atoms with van der Waals surface area (Å²) >= 11 is 0. The maximum atomic E-state index is 4.46. The zero-order valence-corrected chi connectivity index (χ0v) is 16.1. The molecular weight excluding hydrogens is 348 g/mol. The molecule has 0 aliphatic carbocycles. The molecule has 3 aromatic carbocycles. The Bertz CT molecular complexity index is 883. The van der Waals surface area contributed by atoms with Gasteiger partial charge in [-0.1, -0.05) is 91.0 Å². The predicted octanol–water partition coefficient (Wildman–Crippen LogP) is 1.97. The average molecular weight is 369 g/mol. The van der Waals surface area contributed by atoms with Gasteiger partial charge in [0.15, 0.2) is 0 Å². The minimum atomic E-state index is -2.59. The first-order chi connectivity index (χ1) is 13.3. The van der Waals surface area contributed by atoms with Crippen molar-refractivity contribution in [2.45, 2.75) is 0 Å². The van der Waals surface area contributed by atoms with Gasteiger partial charge in [-0.3, -0.25) is 0 Å². The summed E-state index contributed by atoms with van der Waals surface area (Å²) in [6.45, 7) is 0. The van der Waals surface area contributed by atoms with E-state index in [4.69, 9.17) is 0 Å². The largest absolute Gasteiger partial charge is 0.358 e. The monoisotopic (exact) mass is 368 g/mol. The van der Waals surface area contributed by atoms with Gasteiger partial charge in [0, 0.05) is 7.05 Å². The summed E-state index contributed by atoms with van der Waals surface area (Å²) in [5.74, 6) is 0.674. The molecule has 27 heavy (non-hydrogen) atoms. The van der Waals surface area contributed by atoms with Crippen molar-refractivity contribution in [1.29, 1.82) is 0 Å². The number of benzene rings is 3. The summed E-state index contributed by atoms with van der Waals surface area (Å²) in [5.41, 5.74) is 0. The van der Waals surface area contributed by atoms with E-state index in [1.54, 1.807) is 12.7 Å². The van der Waals surface area contributed by atoms with Crippen LogP contribution in [0.5, 0.6) is 0 Å². The van der Waals surface area contributed by atoms with Crippen LogP contribution in [-0.4, -0.2) is 30.2 Å². The van der Waals surface area contributed by atoms with E-state index in [0.717, 1.165) is 0 Å². The zero-order valence-electron chi connectivity index (χ0n) is 15.1. The number of aromatic nitrogens is 3. The SMILES string of the molecule is CN(c1ncncn1)[Si](c1ccccc1)(c1ccccc1)c1ccccc1. The molecule has 0 bridgehead atoms. The number of anilines is 1. The predicted molar refractivity (Wildman–Crippen MR) is 112 cm³/mol. The molecule has 4 nitrogen and oxygen atoms in total. The van der Waals surface area contributed by atoms with Crippen LogP contribution in [0.2, 0.25) is 0 Å². The van der Waals surface area contributed by atoms with Crippen molar-refractivity contribution >= 4 is 29.7 Å². The fraction of sp³-hybridized carbons (Fsp3) is 0.0455. The van der Waals surface area contributed by atoms with Gasteiger partial charge >= 0.3 is 0 Å². The highest BCUT2D eigenvalue weighted by molar-refractivity contribution is 7.13. The number of hydrogen-bond donors (Lipinski definition) is 0. The smallest absolute Gasteiger partial charge is 0.255 e. The van der Waals surface area contributed by atoms with Crippen molar-refractivity contribution in [3.63, 3.8) is 0 Å². The Morgan fingerprint density at radius 2 is 0.963 bits per heavy atom. The van der Waals surface area contributed by atoms with Crippen molar-refractivity contribution in [2.75, 3.05) is 11.6 Å². The second kappa shape index (κ2) is 7.51. The third-order valence-corrected chi connectivity index (χ3v) is 9.57. The van der Waals surface area contributed by atoms with Gasteiger partial charge in [0.25, 0.3) is 8.24 Å². The van der Waals surface area contributed by atoms with Gasteiger partial charge in [-0.15, -0.1) is 0 Å².